The minimum Gasteiger partial charge on any atom is -0.462 e. The number of halogens is 1. The Morgan fingerprint density at radius 1 is 0.968 bits per heavy atom. The van der Waals surface area contributed by atoms with Crippen molar-refractivity contribution in [3.8, 4) is 17.2 Å². The van der Waals surface area contributed by atoms with E-state index >= 15 is 0 Å². The topological polar surface area (TPSA) is 139 Å². The van der Waals surface area contributed by atoms with E-state index in [-0.39, 0.29) is 28.2 Å². The van der Waals surface area contributed by atoms with Crippen LogP contribution in [0.5, 0.6) is 17.2 Å². The number of hydrogen-bond donors (Lipinski definition) is 4. The van der Waals surface area contributed by atoms with Crippen molar-refractivity contribution >= 4 is 11.0 Å². The maximum Gasteiger partial charge on any atom is 0.235 e. The molecule has 0 aliphatic carbocycles. The summed E-state index contributed by atoms with van der Waals surface area (Å²) >= 11 is 0. The number of benzene rings is 2. The molecule has 1 aliphatic rings. The lowest BCUT2D eigenvalue weighted by atomic mass is 9.99. The Morgan fingerprint density at radius 2 is 1.68 bits per heavy atom. The molecule has 0 saturated carbocycles. The van der Waals surface area contributed by atoms with Gasteiger partial charge in [0.25, 0.3) is 0 Å². The number of aliphatic hydroxyl groups is 4. The Kier molecular flexibility index (Phi) is 5.90. The fraction of sp³-hybridized carbons (Fsp3) is 0.286. The zero-order valence-corrected chi connectivity index (χ0v) is 15.9. The third kappa shape index (κ3) is 4.24. The van der Waals surface area contributed by atoms with E-state index in [2.05, 4.69) is 0 Å². The van der Waals surface area contributed by atoms with Gasteiger partial charge in [0, 0.05) is 6.07 Å². The highest BCUT2D eigenvalue weighted by molar-refractivity contribution is 5.79. The van der Waals surface area contributed by atoms with Crippen molar-refractivity contribution in [2.45, 2.75) is 30.7 Å². The second-order valence-electron chi connectivity index (χ2n) is 6.96. The summed E-state index contributed by atoms with van der Waals surface area (Å²) in [7, 11) is 0. The van der Waals surface area contributed by atoms with E-state index in [0.29, 0.717) is 0 Å². The molecule has 0 bridgehead atoms. The molecule has 4 N–H and O–H groups in total. The smallest absolute Gasteiger partial charge is 0.235 e. The first kappa shape index (κ1) is 21.2. The summed E-state index contributed by atoms with van der Waals surface area (Å²) in [5.41, 5.74) is -0.316. The highest BCUT2D eigenvalue weighted by Crippen LogP contribution is 2.27. The lowest BCUT2D eigenvalue weighted by Crippen LogP contribution is -2.60. The third-order valence-corrected chi connectivity index (χ3v) is 4.86. The molecule has 0 amide bonds. The third-order valence-electron chi connectivity index (χ3n) is 4.86. The summed E-state index contributed by atoms with van der Waals surface area (Å²) < 4.78 is 34.7. The summed E-state index contributed by atoms with van der Waals surface area (Å²) in [6.45, 7) is -0.589. The van der Waals surface area contributed by atoms with Crippen LogP contribution in [0.4, 0.5) is 4.39 Å². The van der Waals surface area contributed by atoms with Gasteiger partial charge in [0.15, 0.2) is 0 Å². The highest BCUT2D eigenvalue weighted by atomic mass is 19.1. The summed E-state index contributed by atoms with van der Waals surface area (Å²) in [6, 6.07) is 9.34. The van der Waals surface area contributed by atoms with Crippen LogP contribution >= 0.6 is 0 Å². The molecule has 31 heavy (non-hydrogen) atoms. The summed E-state index contributed by atoms with van der Waals surface area (Å²) in [5, 5.41) is 39.2. The fourth-order valence-corrected chi connectivity index (χ4v) is 3.16. The number of aliphatic hydroxyl groups excluding tert-OH is 4. The average molecular weight is 434 g/mol. The Bertz CT molecular complexity index is 1110. The number of fused-ring (bicyclic) bond motifs is 1. The number of hydrogen-bond acceptors (Lipinski definition) is 9. The quantitative estimate of drug-likeness (QED) is 0.461. The molecule has 1 aliphatic heterocycles. The van der Waals surface area contributed by atoms with Gasteiger partial charge < -0.3 is 39.1 Å². The molecule has 3 aromatic rings. The van der Waals surface area contributed by atoms with Gasteiger partial charge in [-0.2, -0.15) is 0 Å². The molecule has 4 rings (SSSR count). The maximum atomic E-state index is 13.0. The van der Waals surface area contributed by atoms with E-state index in [0.717, 1.165) is 6.26 Å². The lowest BCUT2D eigenvalue weighted by molar-refractivity contribution is -0.277. The van der Waals surface area contributed by atoms with Crippen LogP contribution in [-0.2, 0) is 4.74 Å². The molecule has 0 spiro atoms. The van der Waals surface area contributed by atoms with Crippen molar-refractivity contribution in [1.29, 1.82) is 0 Å². The minimum atomic E-state index is -1.58. The molecule has 10 heteroatoms. The molecule has 0 radical (unpaired) electrons. The van der Waals surface area contributed by atoms with Gasteiger partial charge >= 0.3 is 0 Å². The van der Waals surface area contributed by atoms with Gasteiger partial charge in [0.2, 0.25) is 17.5 Å². The van der Waals surface area contributed by atoms with Gasteiger partial charge in [0.1, 0.15) is 53.6 Å². The Labute approximate surface area is 174 Å². The number of ether oxygens (including phenoxy) is 3. The van der Waals surface area contributed by atoms with E-state index < -0.39 is 48.6 Å². The fourth-order valence-electron chi connectivity index (χ4n) is 3.16. The average Bonchev–Trinajstić information content (AvgIpc) is 2.77. The molecule has 1 aromatic heterocycles. The SMILES string of the molecule is O=c1c(Oc2ccc(F)cc2)coc2cc(O[C@@H]3OC(CO)[C@H](O)C(O)C3O)ccc12. The molecular formula is C21H19FO9. The Morgan fingerprint density at radius 3 is 2.39 bits per heavy atom. The molecule has 5 atom stereocenters. The van der Waals surface area contributed by atoms with Crippen LogP contribution in [0.1, 0.15) is 0 Å². The Hall–Kier alpha value is -3.02. The first-order chi connectivity index (χ1) is 14.9. The minimum absolute atomic E-state index is 0.0956. The van der Waals surface area contributed by atoms with Crippen molar-refractivity contribution in [2.24, 2.45) is 0 Å². The molecule has 164 valence electrons. The summed E-state index contributed by atoms with van der Waals surface area (Å²) in [6.07, 6.45) is -6.05. The second kappa shape index (κ2) is 8.61. The van der Waals surface area contributed by atoms with E-state index in [4.69, 9.17) is 18.6 Å². The van der Waals surface area contributed by atoms with Crippen LogP contribution in [-0.4, -0.2) is 57.7 Å². The maximum absolute atomic E-state index is 13.0. The number of rotatable bonds is 5. The molecular weight excluding hydrogens is 415 g/mol. The normalized spacial score (nSPS) is 26.0. The molecule has 2 aromatic carbocycles. The van der Waals surface area contributed by atoms with Gasteiger partial charge in [0.05, 0.1) is 12.0 Å². The lowest BCUT2D eigenvalue weighted by Gasteiger charge is -2.39. The molecule has 1 fully saturated rings. The monoisotopic (exact) mass is 434 g/mol. The van der Waals surface area contributed by atoms with E-state index in [1.54, 1.807) is 0 Å². The van der Waals surface area contributed by atoms with Gasteiger partial charge in [-0.05, 0) is 36.4 Å². The van der Waals surface area contributed by atoms with Gasteiger partial charge in [-0.1, -0.05) is 0 Å². The van der Waals surface area contributed by atoms with Crippen LogP contribution in [0.2, 0.25) is 0 Å². The van der Waals surface area contributed by atoms with Crippen molar-refractivity contribution in [2.75, 3.05) is 6.61 Å². The highest BCUT2D eigenvalue weighted by Gasteiger charge is 2.44. The second-order valence-corrected chi connectivity index (χ2v) is 6.96. The Balaban J connectivity index is 1.56. The zero-order chi connectivity index (χ0) is 22.1. The predicted octanol–water partition coefficient (Wildman–Crippen LogP) is 0.903. The summed E-state index contributed by atoms with van der Waals surface area (Å²) in [5.74, 6) is -0.130. The van der Waals surface area contributed by atoms with Gasteiger partial charge in [-0.3, -0.25) is 4.79 Å². The van der Waals surface area contributed by atoms with E-state index in [9.17, 15) is 29.6 Å². The zero-order valence-electron chi connectivity index (χ0n) is 15.9. The van der Waals surface area contributed by atoms with Crippen molar-refractivity contribution in [1.82, 2.24) is 0 Å². The van der Waals surface area contributed by atoms with Crippen molar-refractivity contribution in [3.63, 3.8) is 0 Å². The molecule has 2 heterocycles. The standard InChI is InChI=1S/C21H19FO9/c22-10-1-3-11(4-2-10)29-16-9-28-14-7-12(5-6-13(14)17(16)24)30-21-20(27)19(26)18(25)15(8-23)31-21/h1-7,9,15,18-21,23,25-27H,8H2/t15?,18-,19?,20?,21+/m0/s1. The molecule has 3 unspecified atom stereocenters. The van der Waals surface area contributed by atoms with Crippen LogP contribution < -0.4 is 14.9 Å². The van der Waals surface area contributed by atoms with Crippen LogP contribution in [0, 0.1) is 5.82 Å². The molecule has 1 saturated heterocycles. The largest absolute Gasteiger partial charge is 0.462 e. The van der Waals surface area contributed by atoms with E-state index in [1.807, 2.05) is 0 Å². The van der Waals surface area contributed by atoms with Crippen LogP contribution in [0.3, 0.4) is 0 Å². The van der Waals surface area contributed by atoms with Crippen LogP contribution in [0.25, 0.3) is 11.0 Å². The van der Waals surface area contributed by atoms with Crippen molar-refractivity contribution in [3.05, 3.63) is 64.8 Å². The predicted molar refractivity (Wildman–Crippen MR) is 103 cm³/mol. The summed E-state index contributed by atoms with van der Waals surface area (Å²) in [4.78, 5) is 12.7. The van der Waals surface area contributed by atoms with Crippen LogP contribution in [0.15, 0.2) is 57.9 Å². The molecule has 9 nitrogen and oxygen atoms in total. The van der Waals surface area contributed by atoms with Crippen molar-refractivity contribution < 1.29 is 43.4 Å². The van der Waals surface area contributed by atoms with E-state index in [1.165, 1.54) is 42.5 Å². The van der Waals surface area contributed by atoms with Gasteiger partial charge in [-0.25, -0.2) is 4.39 Å². The first-order valence-electron chi connectivity index (χ1n) is 9.33. The van der Waals surface area contributed by atoms with Gasteiger partial charge in [-0.15, -0.1) is 0 Å². The first-order valence-corrected chi connectivity index (χ1v) is 9.33.